The molecular weight excluding hydrogens is 175 g/mol. The van der Waals surface area contributed by atoms with E-state index in [1.54, 1.807) is 0 Å². The van der Waals surface area contributed by atoms with Crippen molar-refractivity contribution in [3.63, 3.8) is 0 Å². The molecule has 13 heavy (non-hydrogen) atoms. The molecule has 0 radical (unpaired) electrons. The number of hydrogen-bond donors (Lipinski definition) is 0. The fraction of sp³-hybridized carbons (Fsp3) is 1.00. The molecular formula is C10H25AlN2. The minimum Gasteiger partial charge on any atom is -0.306 e. The number of nitrogens with zero attached hydrogens (tertiary/aromatic N) is 2. The average Bonchev–Trinajstić information content (AvgIpc) is 2.63. The molecule has 2 saturated heterocycles. The molecule has 0 aromatic rings. The largest absolute Gasteiger partial charge is 0.306 e. The van der Waals surface area contributed by atoms with E-state index in [-0.39, 0.29) is 17.4 Å². The Bertz CT molecular complexity index is 93.5. The summed E-state index contributed by atoms with van der Waals surface area (Å²) in [4.78, 5) is 4.72. The van der Waals surface area contributed by atoms with E-state index in [2.05, 4.69) is 23.9 Å². The molecule has 2 aliphatic rings. The van der Waals surface area contributed by atoms with Gasteiger partial charge in [-0.2, -0.15) is 0 Å². The summed E-state index contributed by atoms with van der Waals surface area (Å²) in [6.45, 7) is 5.28. The van der Waals surface area contributed by atoms with Gasteiger partial charge in [-0.15, -0.1) is 0 Å². The van der Waals surface area contributed by atoms with E-state index in [4.69, 9.17) is 0 Å². The van der Waals surface area contributed by atoms with Crippen molar-refractivity contribution < 1.29 is 0 Å². The molecule has 2 nitrogen and oxygen atoms in total. The van der Waals surface area contributed by atoms with Gasteiger partial charge in [-0.1, -0.05) is 0 Å². The van der Waals surface area contributed by atoms with Crippen LogP contribution < -0.4 is 0 Å². The van der Waals surface area contributed by atoms with Crippen LogP contribution in [0.5, 0.6) is 0 Å². The molecule has 0 aliphatic carbocycles. The van der Waals surface area contributed by atoms with Crippen LogP contribution in [0.3, 0.4) is 0 Å². The van der Waals surface area contributed by atoms with Crippen molar-refractivity contribution in [3.8, 4) is 0 Å². The molecule has 0 N–H and O–H groups in total. The van der Waals surface area contributed by atoms with Gasteiger partial charge in [0.15, 0.2) is 17.4 Å². The molecule has 0 atom stereocenters. The summed E-state index contributed by atoms with van der Waals surface area (Å²) >= 11 is 0. The van der Waals surface area contributed by atoms with Crippen molar-refractivity contribution in [2.24, 2.45) is 0 Å². The van der Waals surface area contributed by atoms with Crippen LogP contribution in [0, 0.1) is 0 Å². The highest BCUT2D eigenvalue weighted by atomic mass is 27.0. The van der Waals surface area contributed by atoms with Crippen molar-refractivity contribution in [3.05, 3.63) is 0 Å². The van der Waals surface area contributed by atoms with Crippen LogP contribution in [0.4, 0.5) is 0 Å². The molecule has 0 amide bonds. The van der Waals surface area contributed by atoms with E-state index in [1.807, 2.05) is 0 Å². The van der Waals surface area contributed by atoms with Crippen LogP contribution in [0.15, 0.2) is 0 Å². The molecule has 2 rings (SSSR count). The molecule has 3 heteroatoms. The fourth-order valence-corrected chi connectivity index (χ4v) is 1.75. The monoisotopic (exact) mass is 200 g/mol. The Morgan fingerprint density at radius 1 is 0.615 bits per heavy atom. The maximum atomic E-state index is 2.36. The standard InChI is InChI=1S/2C5H11N.Al.3H/c2*1-6-4-2-3-5-6;;;;/h2*2-5H2,1H3;;;;. The molecule has 0 saturated carbocycles. The molecule has 2 heterocycles. The lowest BCUT2D eigenvalue weighted by Gasteiger charge is -2.01. The minimum atomic E-state index is 0. The summed E-state index contributed by atoms with van der Waals surface area (Å²) < 4.78 is 0. The third-order valence-corrected chi connectivity index (χ3v) is 2.66. The van der Waals surface area contributed by atoms with Crippen molar-refractivity contribution in [2.75, 3.05) is 40.3 Å². The molecule has 0 unspecified atom stereocenters. The summed E-state index contributed by atoms with van der Waals surface area (Å²) in [7, 11) is 4.35. The van der Waals surface area contributed by atoms with Crippen LogP contribution in [-0.4, -0.2) is 67.4 Å². The van der Waals surface area contributed by atoms with E-state index in [1.165, 1.54) is 51.9 Å². The predicted molar refractivity (Wildman–Crippen MR) is 63.4 cm³/mol. The molecule has 0 bridgehead atoms. The fourth-order valence-electron chi connectivity index (χ4n) is 1.75. The number of rotatable bonds is 0. The van der Waals surface area contributed by atoms with Crippen molar-refractivity contribution in [1.82, 2.24) is 9.80 Å². The SMILES string of the molecule is CN1CCCC1.CN1CCCC1.[AlH3]. The Hall–Kier alpha value is 0.452. The Labute approximate surface area is 93.4 Å². The smallest absolute Gasteiger partial charge is 0.187 e. The van der Waals surface area contributed by atoms with Gasteiger partial charge in [-0.05, 0) is 66.0 Å². The van der Waals surface area contributed by atoms with Gasteiger partial charge < -0.3 is 9.80 Å². The van der Waals surface area contributed by atoms with Gasteiger partial charge in [-0.25, -0.2) is 0 Å². The highest BCUT2D eigenvalue weighted by Crippen LogP contribution is 2.02. The Morgan fingerprint density at radius 3 is 0.923 bits per heavy atom. The normalized spacial score (nSPS) is 23.5. The van der Waals surface area contributed by atoms with Gasteiger partial charge in [0.25, 0.3) is 0 Å². The van der Waals surface area contributed by atoms with Crippen molar-refractivity contribution in [2.45, 2.75) is 25.7 Å². The topological polar surface area (TPSA) is 6.48 Å². The number of hydrogen-bond acceptors (Lipinski definition) is 2. The molecule has 0 aromatic carbocycles. The van der Waals surface area contributed by atoms with Crippen LogP contribution in [0.2, 0.25) is 0 Å². The summed E-state index contributed by atoms with van der Waals surface area (Å²) in [5.74, 6) is 0. The van der Waals surface area contributed by atoms with Crippen molar-refractivity contribution >= 4 is 17.4 Å². The third-order valence-electron chi connectivity index (χ3n) is 2.66. The first-order chi connectivity index (χ1) is 5.79. The van der Waals surface area contributed by atoms with E-state index in [0.717, 1.165) is 0 Å². The zero-order chi connectivity index (χ0) is 8.81. The maximum Gasteiger partial charge on any atom is 0.187 e. The van der Waals surface area contributed by atoms with Crippen LogP contribution in [0.1, 0.15) is 25.7 Å². The Morgan fingerprint density at radius 2 is 0.846 bits per heavy atom. The predicted octanol–water partition coefficient (Wildman–Crippen LogP) is 0.240. The first-order valence-corrected chi connectivity index (χ1v) is 5.16. The molecule has 0 aromatic heterocycles. The summed E-state index contributed by atoms with van der Waals surface area (Å²) in [6, 6.07) is 0. The Kier molecular flexibility index (Phi) is 8.09. The van der Waals surface area contributed by atoms with Gasteiger partial charge >= 0.3 is 0 Å². The Balaban J connectivity index is 0.000000206. The summed E-state index contributed by atoms with van der Waals surface area (Å²) in [5, 5.41) is 0. The van der Waals surface area contributed by atoms with Gasteiger partial charge in [0, 0.05) is 0 Å². The summed E-state index contributed by atoms with van der Waals surface area (Å²) in [5.41, 5.74) is 0. The van der Waals surface area contributed by atoms with Gasteiger partial charge in [0.2, 0.25) is 0 Å². The first kappa shape index (κ1) is 13.5. The first-order valence-electron chi connectivity index (χ1n) is 5.16. The van der Waals surface area contributed by atoms with Crippen LogP contribution in [0.25, 0.3) is 0 Å². The van der Waals surface area contributed by atoms with Gasteiger partial charge in [-0.3, -0.25) is 0 Å². The highest BCUT2D eigenvalue weighted by molar-refractivity contribution is 5.75. The van der Waals surface area contributed by atoms with E-state index >= 15 is 0 Å². The lowest BCUT2D eigenvalue weighted by Crippen LogP contribution is -2.10. The maximum absolute atomic E-state index is 2.36. The van der Waals surface area contributed by atoms with E-state index in [0.29, 0.717) is 0 Å². The molecule has 78 valence electrons. The second-order valence-electron chi connectivity index (χ2n) is 4.02. The van der Waals surface area contributed by atoms with Crippen molar-refractivity contribution in [1.29, 1.82) is 0 Å². The lowest BCUT2D eigenvalue weighted by atomic mass is 10.4. The molecule has 2 fully saturated rings. The molecule has 2 aliphatic heterocycles. The second kappa shape index (κ2) is 7.82. The quantitative estimate of drug-likeness (QED) is 0.517. The van der Waals surface area contributed by atoms with E-state index in [9.17, 15) is 0 Å². The summed E-state index contributed by atoms with van der Waals surface area (Å²) in [6.07, 6.45) is 5.65. The van der Waals surface area contributed by atoms with Crippen LogP contribution in [-0.2, 0) is 0 Å². The number of likely N-dealkylation sites (tertiary alicyclic amines) is 2. The van der Waals surface area contributed by atoms with E-state index < -0.39 is 0 Å². The zero-order valence-electron chi connectivity index (χ0n) is 8.55. The molecule has 0 spiro atoms. The average molecular weight is 200 g/mol. The second-order valence-corrected chi connectivity index (χ2v) is 4.02. The van der Waals surface area contributed by atoms with Crippen LogP contribution >= 0.6 is 0 Å². The zero-order valence-corrected chi connectivity index (χ0v) is 8.55. The third kappa shape index (κ3) is 6.51. The lowest BCUT2D eigenvalue weighted by molar-refractivity contribution is 0.418. The van der Waals surface area contributed by atoms with Gasteiger partial charge in [0.1, 0.15) is 0 Å². The minimum absolute atomic E-state index is 0. The van der Waals surface area contributed by atoms with Gasteiger partial charge in [0.05, 0.1) is 0 Å². The highest BCUT2D eigenvalue weighted by Gasteiger charge is 2.03.